The maximum atomic E-state index is 13.3. The Labute approximate surface area is 95.7 Å². The monoisotopic (exact) mass is 223 g/mol. The molecular weight excluding hydrogens is 205 g/mol. The molecule has 1 unspecified atom stereocenters. The van der Waals surface area contributed by atoms with E-state index in [2.05, 4.69) is 11.8 Å². The third-order valence-electron chi connectivity index (χ3n) is 3.34. The van der Waals surface area contributed by atoms with E-state index in [4.69, 9.17) is 0 Å². The molecule has 1 aliphatic heterocycles. The lowest BCUT2D eigenvalue weighted by Crippen LogP contribution is -2.33. The summed E-state index contributed by atoms with van der Waals surface area (Å²) in [5.41, 5.74) is 1.16. The lowest BCUT2D eigenvalue weighted by atomic mass is 9.86. The Morgan fingerprint density at radius 1 is 1.50 bits per heavy atom. The number of likely N-dealkylation sites (N-methyl/N-ethyl adjacent to an activating group) is 1. The number of aliphatic hydroxyl groups is 1. The van der Waals surface area contributed by atoms with Crippen molar-refractivity contribution in [2.24, 2.45) is 0 Å². The topological polar surface area (TPSA) is 23.5 Å². The van der Waals surface area contributed by atoms with Crippen LogP contribution in [0.2, 0.25) is 0 Å². The Bertz CT molecular complexity index is 397. The van der Waals surface area contributed by atoms with Gasteiger partial charge in [0.1, 0.15) is 5.82 Å². The molecular formula is C13H18FNO. The Kier molecular flexibility index (Phi) is 2.66. The Hall–Kier alpha value is -1.09. The number of hydrogen-bond acceptors (Lipinski definition) is 2. The predicted molar refractivity (Wildman–Crippen MR) is 63.3 cm³/mol. The van der Waals surface area contributed by atoms with Gasteiger partial charge in [0.2, 0.25) is 0 Å². The highest BCUT2D eigenvalue weighted by Gasteiger charge is 2.37. The van der Waals surface area contributed by atoms with Crippen LogP contribution in [0.25, 0.3) is 0 Å². The van der Waals surface area contributed by atoms with Crippen LogP contribution in [0, 0.1) is 5.82 Å². The molecule has 1 atom stereocenters. The number of nitrogens with zero attached hydrogens (tertiary/aromatic N) is 1. The summed E-state index contributed by atoms with van der Waals surface area (Å²) < 4.78 is 13.3. The van der Waals surface area contributed by atoms with Gasteiger partial charge in [-0.05, 0) is 44.5 Å². The second-order valence-electron chi connectivity index (χ2n) is 4.95. The van der Waals surface area contributed by atoms with Gasteiger partial charge in [-0.25, -0.2) is 4.39 Å². The molecule has 1 aliphatic rings. The molecule has 0 spiro atoms. The van der Waals surface area contributed by atoms with Crippen LogP contribution in [-0.4, -0.2) is 23.8 Å². The van der Waals surface area contributed by atoms with Crippen LogP contribution in [0.5, 0.6) is 0 Å². The summed E-state index contributed by atoms with van der Waals surface area (Å²) in [6, 6.07) is 4.84. The SMILES string of the molecule is CCN1CC(C(C)(C)O)c2cc(F)ccc21. The number of hydrogen-bond donors (Lipinski definition) is 1. The van der Waals surface area contributed by atoms with E-state index < -0.39 is 5.60 Å². The van der Waals surface area contributed by atoms with Gasteiger partial charge in [0.05, 0.1) is 5.60 Å². The molecule has 0 saturated heterocycles. The summed E-state index contributed by atoms with van der Waals surface area (Å²) in [6.07, 6.45) is 0. The van der Waals surface area contributed by atoms with Gasteiger partial charge in [-0.15, -0.1) is 0 Å². The largest absolute Gasteiger partial charge is 0.390 e. The van der Waals surface area contributed by atoms with E-state index in [-0.39, 0.29) is 11.7 Å². The molecule has 1 aromatic rings. The predicted octanol–water partition coefficient (Wildman–Crippen LogP) is 2.52. The van der Waals surface area contributed by atoms with Crippen LogP contribution in [0.1, 0.15) is 32.3 Å². The quantitative estimate of drug-likeness (QED) is 0.832. The van der Waals surface area contributed by atoms with E-state index >= 15 is 0 Å². The van der Waals surface area contributed by atoms with Gasteiger partial charge in [-0.3, -0.25) is 0 Å². The number of halogens is 1. The molecule has 0 fully saturated rings. The number of rotatable bonds is 2. The van der Waals surface area contributed by atoms with E-state index in [1.165, 1.54) is 6.07 Å². The molecule has 88 valence electrons. The van der Waals surface area contributed by atoms with Crippen molar-refractivity contribution < 1.29 is 9.50 Å². The van der Waals surface area contributed by atoms with Crippen molar-refractivity contribution in [2.75, 3.05) is 18.0 Å². The highest BCUT2D eigenvalue weighted by atomic mass is 19.1. The van der Waals surface area contributed by atoms with Gasteiger partial charge in [0, 0.05) is 24.7 Å². The summed E-state index contributed by atoms with van der Waals surface area (Å²) in [6.45, 7) is 7.28. The van der Waals surface area contributed by atoms with Crippen LogP contribution in [-0.2, 0) is 0 Å². The van der Waals surface area contributed by atoms with Crippen LogP contribution < -0.4 is 4.90 Å². The van der Waals surface area contributed by atoms with E-state index in [1.54, 1.807) is 26.0 Å². The fourth-order valence-electron chi connectivity index (χ4n) is 2.41. The molecule has 1 N–H and O–H groups in total. The maximum Gasteiger partial charge on any atom is 0.123 e. The average molecular weight is 223 g/mol. The highest BCUT2D eigenvalue weighted by Crippen LogP contribution is 2.41. The zero-order valence-corrected chi connectivity index (χ0v) is 10.00. The van der Waals surface area contributed by atoms with Crippen molar-refractivity contribution >= 4 is 5.69 Å². The minimum absolute atomic E-state index is 0.0156. The van der Waals surface area contributed by atoms with Crippen LogP contribution in [0.3, 0.4) is 0 Å². The molecule has 0 amide bonds. The zero-order chi connectivity index (χ0) is 11.9. The van der Waals surface area contributed by atoms with E-state index in [9.17, 15) is 9.50 Å². The van der Waals surface area contributed by atoms with Crippen LogP contribution in [0.15, 0.2) is 18.2 Å². The molecule has 2 rings (SSSR count). The molecule has 0 bridgehead atoms. The van der Waals surface area contributed by atoms with E-state index in [0.29, 0.717) is 0 Å². The van der Waals surface area contributed by atoms with Gasteiger partial charge in [-0.2, -0.15) is 0 Å². The van der Waals surface area contributed by atoms with Crippen molar-refractivity contribution in [3.8, 4) is 0 Å². The lowest BCUT2D eigenvalue weighted by Gasteiger charge is -2.26. The number of benzene rings is 1. The summed E-state index contributed by atoms with van der Waals surface area (Å²) >= 11 is 0. The molecule has 1 aromatic carbocycles. The van der Waals surface area contributed by atoms with Crippen molar-refractivity contribution in [2.45, 2.75) is 32.3 Å². The fraction of sp³-hybridized carbons (Fsp3) is 0.538. The average Bonchev–Trinajstić information content (AvgIpc) is 2.54. The molecule has 2 nitrogen and oxygen atoms in total. The van der Waals surface area contributed by atoms with Gasteiger partial charge >= 0.3 is 0 Å². The maximum absolute atomic E-state index is 13.3. The molecule has 1 heterocycles. The second kappa shape index (κ2) is 3.74. The minimum Gasteiger partial charge on any atom is -0.390 e. The molecule has 0 aromatic heterocycles. The molecule has 0 aliphatic carbocycles. The zero-order valence-electron chi connectivity index (χ0n) is 10.00. The van der Waals surface area contributed by atoms with Gasteiger partial charge in [0.15, 0.2) is 0 Å². The van der Waals surface area contributed by atoms with E-state index in [0.717, 1.165) is 24.3 Å². The van der Waals surface area contributed by atoms with E-state index in [1.807, 2.05) is 0 Å². The van der Waals surface area contributed by atoms with Crippen molar-refractivity contribution in [3.05, 3.63) is 29.6 Å². The standard InChI is InChI=1S/C13H18FNO/c1-4-15-8-11(13(2,3)16)10-7-9(14)5-6-12(10)15/h5-7,11,16H,4,8H2,1-3H3. The first-order valence-electron chi connectivity index (χ1n) is 5.70. The smallest absolute Gasteiger partial charge is 0.123 e. The minimum atomic E-state index is -0.813. The van der Waals surface area contributed by atoms with Gasteiger partial charge in [0.25, 0.3) is 0 Å². The first-order valence-corrected chi connectivity index (χ1v) is 5.70. The third kappa shape index (κ3) is 1.80. The van der Waals surface area contributed by atoms with Crippen molar-refractivity contribution in [3.63, 3.8) is 0 Å². The highest BCUT2D eigenvalue weighted by molar-refractivity contribution is 5.61. The van der Waals surface area contributed by atoms with Crippen LogP contribution in [0.4, 0.5) is 10.1 Å². The number of fused-ring (bicyclic) bond motifs is 1. The molecule has 0 saturated carbocycles. The molecule has 16 heavy (non-hydrogen) atoms. The van der Waals surface area contributed by atoms with Crippen LogP contribution >= 0.6 is 0 Å². The molecule has 0 radical (unpaired) electrons. The molecule has 3 heteroatoms. The lowest BCUT2D eigenvalue weighted by molar-refractivity contribution is 0.0548. The first kappa shape index (κ1) is 11.4. The summed E-state index contributed by atoms with van der Waals surface area (Å²) in [5, 5.41) is 10.1. The third-order valence-corrected chi connectivity index (χ3v) is 3.34. The fourth-order valence-corrected chi connectivity index (χ4v) is 2.41. The Morgan fingerprint density at radius 2 is 2.19 bits per heavy atom. The summed E-state index contributed by atoms with van der Waals surface area (Å²) in [7, 11) is 0. The van der Waals surface area contributed by atoms with Crippen molar-refractivity contribution in [1.82, 2.24) is 0 Å². The number of anilines is 1. The van der Waals surface area contributed by atoms with Crippen molar-refractivity contribution in [1.29, 1.82) is 0 Å². The van der Waals surface area contributed by atoms with Gasteiger partial charge in [-0.1, -0.05) is 0 Å². The Balaban J connectivity index is 2.47. The summed E-state index contributed by atoms with van der Waals surface area (Å²) in [4.78, 5) is 2.18. The summed E-state index contributed by atoms with van der Waals surface area (Å²) in [5.74, 6) is -0.246. The first-order chi connectivity index (χ1) is 7.43. The second-order valence-corrected chi connectivity index (χ2v) is 4.95. The Morgan fingerprint density at radius 3 is 2.75 bits per heavy atom. The normalized spacial score (nSPS) is 20.1. The van der Waals surface area contributed by atoms with Gasteiger partial charge < -0.3 is 10.0 Å².